The highest BCUT2D eigenvalue weighted by molar-refractivity contribution is 7.07. The molecule has 0 radical (unpaired) electrons. The Hall–Kier alpha value is -0.950. The van der Waals surface area contributed by atoms with Crippen molar-refractivity contribution in [1.82, 2.24) is 9.80 Å². The zero-order valence-electron chi connectivity index (χ0n) is 12.4. The summed E-state index contributed by atoms with van der Waals surface area (Å²) in [5.41, 5.74) is 0.578. The molecule has 3 rings (SSSR count). The van der Waals surface area contributed by atoms with Gasteiger partial charge >= 0.3 is 0 Å². The molecule has 2 saturated heterocycles. The van der Waals surface area contributed by atoms with Gasteiger partial charge in [0.2, 0.25) is 0 Å². The molecule has 1 amide bonds. The Bertz CT molecular complexity index is 473. The lowest BCUT2D eigenvalue weighted by atomic mass is 10.0. The molecular weight excluding hydrogens is 288 g/mol. The van der Waals surface area contributed by atoms with Gasteiger partial charge in [0.15, 0.2) is 5.60 Å². The third kappa shape index (κ3) is 3.45. The van der Waals surface area contributed by atoms with Crippen LogP contribution in [0.5, 0.6) is 0 Å². The number of ether oxygens (including phenoxy) is 2. The Kier molecular flexibility index (Phi) is 4.59. The van der Waals surface area contributed by atoms with E-state index in [4.69, 9.17) is 9.47 Å². The van der Waals surface area contributed by atoms with E-state index in [2.05, 4.69) is 21.7 Å². The smallest absolute Gasteiger partial charge is 0.256 e. The minimum absolute atomic E-state index is 0.0980. The molecule has 0 bridgehead atoms. The van der Waals surface area contributed by atoms with E-state index < -0.39 is 5.60 Å². The van der Waals surface area contributed by atoms with E-state index in [9.17, 15) is 4.79 Å². The highest BCUT2D eigenvalue weighted by atomic mass is 32.1. The summed E-state index contributed by atoms with van der Waals surface area (Å²) < 4.78 is 11.2. The van der Waals surface area contributed by atoms with Crippen LogP contribution in [-0.2, 0) is 20.8 Å². The quantitative estimate of drug-likeness (QED) is 0.841. The van der Waals surface area contributed by atoms with E-state index in [0.29, 0.717) is 39.5 Å². The van der Waals surface area contributed by atoms with Gasteiger partial charge in [-0.05, 0) is 29.3 Å². The van der Waals surface area contributed by atoms with Crippen molar-refractivity contribution in [1.29, 1.82) is 0 Å². The molecule has 5 nitrogen and oxygen atoms in total. The molecule has 0 N–H and O–H groups in total. The SMILES string of the molecule is C[C@]1(C(=O)N2CCOCC2)CN(Cc2ccsc2)CCO1. The monoisotopic (exact) mass is 310 g/mol. The molecule has 0 aromatic carbocycles. The van der Waals surface area contributed by atoms with Crippen LogP contribution in [0.2, 0.25) is 0 Å². The molecule has 21 heavy (non-hydrogen) atoms. The van der Waals surface area contributed by atoms with Crippen molar-refractivity contribution in [3.05, 3.63) is 22.4 Å². The molecule has 0 unspecified atom stereocenters. The van der Waals surface area contributed by atoms with Gasteiger partial charge in [0.05, 0.1) is 19.8 Å². The fraction of sp³-hybridized carbons (Fsp3) is 0.667. The van der Waals surface area contributed by atoms with Crippen LogP contribution in [0.15, 0.2) is 16.8 Å². The van der Waals surface area contributed by atoms with Gasteiger partial charge in [-0.3, -0.25) is 9.69 Å². The van der Waals surface area contributed by atoms with E-state index in [-0.39, 0.29) is 5.91 Å². The third-order valence-corrected chi connectivity index (χ3v) is 4.82. The molecule has 1 atom stereocenters. The number of hydrogen-bond donors (Lipinski definition) is 0. The van der Waals surface area contributed by atoms with Gasteiger partial charge in [-0.2, -0.15) is 11.3 Å². The summed E-state index contributed by atoms with van der Waals surface area (Å²) in [6.45, 7) is 7.53. The lowest BCUT2D eigenvalue weighted by Crippen LogP contribution is -2.60. The largest absolute Gasteiger partial charge is 0.378 e. The van der Waals surface area contributed by atoms with E-state index >= 15 is 0 Å². The van der Waals surface area contributed by atoms with Gasteiger partial charge in [-0.15, -0.1) is 0 Å². The number of rotatable bonds is 3. The van der Waals surface area contributed by atoms with E-state index in [1.54, 1.807) is 11.3 Å². The Balaban J connectivity index is 1.64. The van der Waals surface area contributed by atoms with Gasteiger partial charge in [0, 0.05) is 32.7 Å². The predicted molar refractivity (Wildman–Crippen MR) is 81.4 cm³/mol. The number of carbonyl (C=O) groups excluding carboxylic acids is 1. The fourth-order valence-electron chi connectivity index (χ4n) is 2.96. The lowest BCUT2D eigenvalue weighted by molar-refractivity contribution is -0.171. The molecule has 116 valence electrons. The molecule has 2 aliphatic rings. The van der Waals surface area contributed by atoms with Crippen LogP contribution in [0.1, 0.15) is 12.5 Å². The van der Waals surface area contributed by atoms with Gasteiger partial charge in [-0.25, -0.2) is 0 Å². The maximum absolute atomic E-state index is 12.7. The number of thiophene rings is 1. The Morgan fingerprint density at radius 2 is 2.14 bits per heavy atom. The second-order valence-electron chi connectivity index (χ2n) is 5.83. The summed E-state index contributed by atoms with van der Waals surface area (Å²) in [6.07, 6.45) is 0. The molecule has 1 aromatic heterocycles. The summed E-state index contributed by atoms with van der Waals surface area (Å²) in [7, 11) is 0. The molecule has 3 heterocycles. The molecule has 0 saturated carbocycles. The minimum atomic E-state index is -0.731. The predicted octanol–water partition coefficient (Wildman–Crippen LogP) is 1.20. The van der Waals surface area contributed by atoms with Crippen LogP contribution in [0.25, 0.3) is 0 Å². The normalized spacial score (nSPS) is 27.8. The molecule has 1 aromatic rings. The summed E-state index contributed by atoms with van der Waals surface area (Å²) >= 11 is 1.71. The Morgan fingerprint density at radius 3 is 2.86 bits per heavy atom. The van der Waals surface area contributed by atoms with Crippen LogP contribution in [0.4, 0.5) is 0 Å². The van der Waals surface area contributed by atoms with Gasteiger partial charge < -0.3 is 14.4 Å². The molecule has 2 aliphatic heterocycles. The minimum Gasteiger partial charge on any atom is -0.378 e. The fourth-order valence-corrected chi connectivity index (χ4v) is 3.62. The second kappa shape index (κ2) is 6.44. The third-order valence-electron chi connectivity index (χ3n) is 4.09. The van der Waals surface area contributed by atoms with E-state index in [1.165, 1.54) is 5.56 Å². The van der Waals surface area contributed by atoms with Gasteiger partial charge in [0.25, 0.3) is 5.91 Å². The number of carbonyl (C=O) groups is 1. The van der Waals surface area contributed by atoms with Crippen molar-refractivity contribution in [2.24, 2.45) is 0 Å². The van der Waals surface area contributed by atoms with Crippen LogP contribution in [0.3, 0.4) is 0 Å². The summed E-state index contributed by atoms with van der Waals surface area (Å²) in [5.74, 6) is 0.0980. The molecular formula is C15H22N2O3S. The van der Waals surface area contributed by atoms with Gasteiger partial charge in [-0.1, -0.05) is 0 Å². The maximum Gasteiger partial charge on any atom is 0.256 e. The standard InChI is InChI=1S/C15H22N2O3S/c1-15(14(18)17-4-6-19-7-5-17)12-16(3-8-20-15)10-13-2-9-21-11-13/h2,9,11H,3-8,10,12H2,1H3/t15-/m1/s1. The summed E-state index contributed by atoms with van der Waals surface area (Å²) in [6, 6.07) is 2.14. The van der Waals surface area contributed by atoms with Crippen molar-refractivity contribution in [3.63, 3.8) is 0 Å². The average Bonchev–Trinajstić information content (AvgIpc) is 3.00. The first-order chi connectivity index (χ1) is 10.2. The Labute approximate surface area is 129 Å². The molecule has 0 aliphatic carbocycles. The van der Waals surface area contributed by atoms with Crippen molar-refractivity contribution < 1.29 is 14.3 Å². The van der Waals surface area contributed by atoms with Crippen LogP contribution in [0, 0.1) is 0 Å². The zero-order valence-corrected chi connectivity index (χ0v) is 13.2. The van der Waals surface area contributed by atoms with E-state index in [0.717, 1.165) is 13.1 Å². The van der Waals surface area contributed by atoms with Gasteiger partial charge in [0.1, 0.15) is 0 Å². The number of amides is 1. The zero-order chi connectivity index (χ0) is 14.7. The van der Waals surface area contributed by atoms with Crippen LogP contribution < -0.4 is 0 Å². The average molecular weight is 310 g/mol. The molecule has 6 heteroatoms. The first-order valence-corrected chi connectivity index (χ1v) is 8.36. The Morgan fingerprint density at radius 1 is 1.33 bits per heavy atom. The summed E-state index contributed by atoms with van der Waals surface area (Å²) in [4.78, 5) is 16.9. The van der Waals surface area contributed by atoms with Crippen molar-refractivity contribution in [3.8, 4) is 0 Å². The van der Waals surface area contributed by atoms with Crippen LogP contribution in [-0.4, -0.2) is 67.3 Å². The molecule has 2 fully saturated rings. The van der Waals surface area contributed by atoms with Crippen molar-refractivity contribution in [2.45, 2.75) is 19.1 Å². The molecule has 0 spiro atoms. The van der Waals surface area contributed by atoms with Crippen molar-refractivity contribution >= 4 is 17.2 Å². The highest BCUT2D eigenvalue weighted by Gasteiger charge is 2.42. The maximum atomic E-state index is 12.7. The first kappa shape index (κ1) is 15.0. The summed E-state index contributed by atoms with van der Waals surface area (Å²) in [5, 5.41) is 4.25. The lowest BCUT2D eigenvalue weighted by Gasteiger charge is -2.42. The number of hydrogen-bond acceptors (Lipinski definition) is 5. The van der Waals surface area contributed by atoms with Crippen molar-refractivity contribution in [2.75, 3.05) is 46.0 Å². The van der Waals surface area contributed by atoms with E-state index in [1.807, 2.05) is 11.8 Å². The number of nitrogens with zero attached hydrogens (tertiary/aromatic N) is 2. The van der Waals surface area contributed by atoms with Crippen LogP contribution >= 0.6 is 11.3 Å². The highest BCUT2D eigenvalue weighted by Crippen LogP contribution is 2.23. The first-order valence-electron chi connectivity index (χ1n) is 7.42. The number of morpholine rings is 2. The topological polar surface area (TPSA) is 42.0 Å². The second-order valence-corrected chi connectivity index (χ2v) is 6.61.